The number of hydrogen-bond acceptors (Lipinski definition) is 4. The fourth-order valence-electron chi connectivity index (χ4n) is 1.94. The van der Waals surface area contributed by atoms with Crippen molar-refractivity contribution in [1.82, 2.24) is 20.0 Å². The Morgan fingerprint density at radius 1 is 1.50 bits per heavy atom. The molecule has 1 amide bonds. The molecule has 3 rings (SSSR count). The highest BCUT2D eigenvalue weighted by molar-refractivity contribution is 7.99. The van der Waals surface area contributed by atoms with E-state index in [2.05, 4.69) is 15.6 Å². The summed E-state index contributed by atoms with van der Waals surface area (Å²) in [5.41, 5.74) is 1.96. The number of fused-ring (bicyclic) bond motifs is 1. The predicted molar refractivity (Wildman–Crippen MR) is 85.8 cm³/mol. The van der Waals surface area contributed by atoms with Gasteiger partial charge in [-0.25, -0.2) is 4.98 Å². The normalized spacial score (nSPS) is 17.3. The molecule has 0 aliphatic carbocycles. The van der Waals surface area contributed by atoms with Crippen molar-refractivity contribution < 1.29 is 4.79 Å². The lowest BCUT2D eigenvalue weighted by Crippen LogP contribution is -2.41. The lowest BCUT2D eigenvalue weighted by atomic mass is 10.2. The zero-order valence-electron chi connectivity index (χ0n) is 10.6. The van der Waals surface area contributed by atoms with Gasteiger partial charge in [0.2, 0.25) is 5.91 Å². The molecule has 0 radical (unpaired) electrons. The molecule has 0 saturated carbocycles. The molecular weight excluding hydrogens is 319 g/mol. The number of hydrogen-bond donors (Lipinski definition) is 2. The summed E-state index contributed by atoms with van der Waals surface area (Å²) in [6, 6.07) is 3.92. The number of carbonyl (C=O) groups excluding carboxylic acids is 1. The third kappa shape index (κ3) is 3.79. The van der Waals surface area contributed by atoms with Crippen molar-refractivity contribution in [3.05, 3.63) is 36.3 Å². The van der Waals surface area contributed by atoms with Crippen LogP contribution in [-0.4, -0.2) is 33.0 Å². The minimum absolute atomic E-state index is 0. The van der Waals surface area contributed by atoms with Gasteiger partial charge in [0, 0.05) is 36.8 Å². The van der Waals surface area contributed by atoms with Crippen molar-refractivity contribution in [2.45, 2.75) is 12.6 Å². The van der Waals surface area contributed by atoms with E-state index in [1.807, 2.05) is 28.9 Å². The standard InChI is InChI=1S/C12H14N4OS.2ClH/c17-12(10-7-18-8-15-10)14-6-9-1-3-16-4-2-13-11(16)5-9;;/h1-5,10,15H,6-8H2,(H,14,17);2*1H. The highest BCUT2D eigenvalue weighted by atomic mass is 35.5. The van der Waals surface area contributed by atoms with Crippen molar-refractivity contribution >= 4 is 48.1 Å². The largest absolute Gasteiger partial charge is 0.351 e. The Balaban J connectivity index is 0.000001000. The minimum atomic E-state index is -0.0508. The number of thioether (sulfide) groups is 1. The first-order valence-corrected chi connectivity index (χ1v) is 6.99. The van der Waals surface area contributed by atoms with Gasteiger partial charge >= 0.3 is 0 Å². The molecular formula is C12H16Cl2N4OS. The van der Waals surface area contributed by atoms with Crippen molar-refractivity contribution in [1.29, 1.82) is 0 Å². The van der Waals surface area contributed by atoms with Gasteiger partial charge in [0.1, 0.15) is 5.65 Å². The van der Waals surface area contributed by atoms with E-state index in [-0.39, 0.29) is 36.8 Å². The summed E-state index contributed by atoms with van der Waals surface area (Å²) in [7, 11) is 0. The number of nitrogens with zero attached hydrogens (tertiary/aromatic N) is 2. The molecule has 1 aliphatic heterocycles. The second-order valence-electron chi connectivity index (χ2n) is 4.22. The Morgan fingerprint density at radius 3 is 3.10 bits per heavy atom. The van der Waals surface area contributed by atoms with E-state index >= 15 is 0 Å². The summed E-state index contributed by atoms with van der Waals surface area (Å²) in [4.78, 5) is 16.0. The molecule has 5 nitrogen and oxygen atoms in total. The van der Waals surface area contributed by atoms with Crippen LogP contribution in [0.1, 0.15) is 5.56 Å². The van der Waals surface area contributed by atoms with E-state index in [1.165, 1.54) is 0 Å². The van der Waals surface area contributed by atoms with Gasteiger partial charge in [0.15, 0.2) is 0 Å². The number of amides is 1. The van der Waals surface area contributed by atoms with E-state index in [9.17, 15) is 4.79 Å². The molecule has 2 aromatic rings. The molecule has 1 unspecified atom stereocenters. The Kier molecular flexibility index (Phi) is 6.61. The van der Waals surface area contributed by atoms with Crippen LogP contribution in [0.15, 0.2) is 30.7 Å². The van der Waals surface area contributed by atoms with Gasteiger partial charge in [-0.05, 0) is 17.7 Å². The number of halogens is 2. The molecule has 3 heterocycles. The van der Waals surface area contributed by atoms with E-state index in [0.29, 0.717) is 6.54 Å². The number of imidazole rings is 1. The quantitative estimate of drug-likeness (QED) is 0.892. The second-order valence-corrected chi connectivity index (χ2v) is 5.25. The van der Waals surface area contributed by atoms with E-state index in [1.54, 1.807) is 18.0 Å². The van der Waals surface area contributed by atoms with Gasteiger partial charge in [0.25, 0.3) is 0 Å². The predicted octanol–water partition coefficient (Wildman–Crippen LogP) is 1.46. The molecule has 110 valence electrons. The Morgan fingerprint density at radius 2 is 2.35 bits per heavy atom. The third-order valence-electron chi connectivity index (χ3n) is 2.96. The first-order valence-electron chi connectivity index (χ1n) is 5.83. The van der Waals surface area contributed by atoms with Crippen molar-refractivity contribution in [2.75, 3.05) is 11.6 Å². The Bertz CT molecular complexity index is 571. The topological polar surface area (TPSA) is 58.4 Å². The van der Waals surface area contributed by atoms with Gasteiger partial charge in [-0.2, -0.15) is 0 Å². The van der Waals surface area contributed by atoms with Crippen LogP contribution in [0.2, 0.25) is 0 Å². The molecule has 0 aromatic carbocycles. The highest BCUT2D eigenvalue weighted by Gasteiger charge is 2.21. The maximum Gasteiger partial charge on any atom is 0.238 e. The summed E-state index contributed by atoms with van der Waals surface area (Å²) >= 11 is 1.75. The Labute approximate surface area is 133 Å². The first-order chi connectivity index (χ1) is 8.83. The van der Waals surface area contributed by atoms with Crippen LogP contribution >= 0.6 is 36.6 Å². The SMILES string of the molecule is Cl.Cl.O=C(NCc1ccn2ccnc2c1)C1CSCN1. The van der Waals surface area contributed by atoms with E-state index in [0.717, 1.165) is 22.8 Å². The van der Waals surface area contributed by atoms with Crippen molar-refractivity contribution in [2.24, 2.45) is 0 Å². The molecule has 2 aromatic heterocycles. The monoisotopic (exact) mass is 334 g/mol. The fourth-order valence-corrected chi connectivity index (χ4v) is 2.88. The molecule has 1 saturated heterocycles. The molecule has 1 aliphatic rings. The molecule has 2 N–H and O–H groups in total. The van der Waals surface area contributed by atoms with Gasteiger partial charge in [-0.15, -0.1) is 36.6 Å². The van der Waals surface area contributed by atoms with Crippen LogP contribution in [0.25, 0.3) is 5.65 Å². The smallest absolute Gasteiger partial charge is 0.238 e. The number of carbonyl (C=O) groups is 1. The first kappa shape index (κ1) is 17.1. The molecule has 20 heavy (non-hydrogen) atoms. The second kappa shape index (κ2) is 7.73. The highest BCUT2D eigenvalue weighted by Crippen LogP contribution is 2.10. The van der Waals surface area contributed by atoms with Crippen molar-refractivity contribution in [3.8, 4) is 0 Å². The average Bonchev–Trinajstić information content (AvgIpc) is 3.05. The van der Waals surface area contributed by atoms with E-state index in [4.69, 9.17) is 0 Å². The Hall–Kier alpha value is -0.950. The molecule has 1 fully saturated rings. The number of aromatic nitrogens is 2. The minimum Gasteiger partial charge on any atom is -0.351 e. The number of rotatable bonds is 3. The van der Waals surface area contributed by atoms with Crippen LogP contribution in [0.3, 0.4) is 0 Å². The van der Waals surface area contributed by atoms with Crippen LogP contribution in [-0.2, 0) is 11.3 Å². The van der Waals surface area contributed by atoms with Gasteiger partial charge < -0.3 is 9.72 Å². The maximum absolute atomic E-state index is 11.8. The summed E-state index contributed by atoms with van der Waals surface area (Å²) in [6.45, 7) is 0.547. The molecule has 8 heteroatoms. The lowest BCUT2D eigenvalue weighted by Gasteiger charge is -2.10. The molecule has 1 atom stereocenters. The lowest BCUT2D eigenvalue weighted by molar-refractivity contribution is -0.122. The molecule has 0 bridgehead atoms. The summed E-state index contributed by atoms with van der Waals surface area (Å²) in [5, 5.41) is 6.10. The third-order valence-corrected chi connectivity index (χ3v) is 3.90. The summed E-state index contributed by atoms with van der Waals surface area (Å²) in [6.07, 6.45) is 5.61. The number of pyridine rings is 1. The maximum atomic E-state index is 11.8. The summed E-state index contributed by atoms with van der Waals surface area (Å²) < 4.78 is 1.94. The zero-order chi connectivity index (χ0) is 12.4. The molecule has 0 spiro atoms. The van der Waals surface area contributed by atoms with Crippen LogP contribution in [0.4, 0.5) is 0 Å². The van der Waals surface area contributed by atoms with E-state index < -0.39 is 0 Å². The number of nitrogens with one attached hydrogen (secondary N) is 2. The fraction of sp³-hybridized carbons (Fsp3) is 0.333. The zero-order valence-corrected chi connectivity index (χ0v) is 13.1. The van der Waals surface area contributed by atoms with Gasteiger partial charge in [-0.3, -0.25) is 10.1 Å². The van der Waals surface area contributed by atoms with Crippen molar-refractivity contribution in [3.63, 3.8) is 0 Å². The van der Waals surface area contributed by atoms with Crippen LogP contribution in [0, 0.1) is 0 Å². The van der Waals surface area contributed by atoms with Gasteiger partial charge in [-0.1, -0.05) is 0 Å². The van der Waals surface area contributed by atoms with Gasteiger partial charge in [0.05, 0.1) is 6.04 Å². The average molecular weight is 335 g/mol. The van der Waals surface area contributed by atoms with Crippen LogP contribution < -0.4 is 10.6 Å². The summed E-state index contributed by atoms with van der Waals surface area (Å²) in [5.74, 6) is 1.78. The van der Waals surface area contributed by atoms with Crippen LogP contribution in [0.5, 0.6) is 0 Å².